The van der Waals surface area contributed by atoms with Crippen molar-refractivity contribution in [3.8, 4) is 11.1 Å². The Morgan fingerprint density at radius 1 is 0.971 bits per heavy atom. The molecule has 5 rings (SSSR count). The molecule has 0 radical (unpaired) electrons. The minimum atomic E-state index is -0.817. The molecular formula is C27H23IN2O5. The van der Waals surface area contributed by atoms with Gasteiger partial charge in [-0.15, -0.1) is 0 Å². The number of anilines is 1. The molecule has 1 saturated carbocycles. The first-order valence-electron chi connectivity index (χ1n) is 11.3. The van der Waals surface area contributed by atoms with Gasteiger partial charge in [0.05, 0.1) is 11.6 Å². The zero-order valence-electron chi connectivity index (χ0n) is 18.7. The summed E-state index contributed by atoms with van der Waals surface area (Å²) in [7, 11) is 0. The molecule has 2 unspecified atom stereocenters. The Bertz CT molecular complexity index is 1280. The number of benzene rings is 3. The Kier molecular flexibility index (Phi) is 6.46. The third-order valence-electron chi connectivity index (χ3n) is 6.58. The van der Waals surface area contributed by atoms with Crippen molar-refractivity contribution in [1.29, 1.82) is 0 Å². The fourth-order valence-corrected chi connectivity index (χ4v) is 5.25. The van der Waals surface area contributed by atoms with Crippen LogP contribution in [0.5, 0.6) is 0 Å². The van der Waals surface area contributed by atoms with E-state index >= 15 is 0 Å². The molecule has 3 aromatic rings. The van der Waals surface area contributed by atoms with Crippen LogP contribution >= 0.6 is 22.6 Å². The SMILES string of the molecule is O=C(Nc1ccc(C(=O)NCC2CC2C(=O)O)cc1I)OCC1c2ccccc2-c2ccccc21. The molecule has 0 aliphatic heterocycles. The van der Waals surface area contributed by atoms with E-state index in [0.717, 1.165) is 11.1 Å². The number of amides is 2. The molecule has 0 spiro atoms. The molecule has 35 heavy (non-hydrogen) atoms. The summed E-state index contributed by atoms with van der Waals surface area (Å²) in [6.07, 6.45) is 0.0336. The van der Waals surface area contributed by atoms with Crippen molar-refractivity contribution < 1.29 is 24.2 Å². The molecule has 3 aromatic carbocycles. The summed E-state index contributed by atoms with van der Waals surface area (Å²) < 4.78 is 6.29. The summed E-state index contributed by atoms with van der Waals surface area (Å²) >= 11 is 2.06. The van der Waals surface area contributed by atoms with Gasteiger partial charge in [-0.1, -0.05) is 48.5 Å². The van der Waals surface area contributed by atoms with Gasteiger partial charge in [-0.2, -0.15) is 0 Å². The van der Waals surface area contributed by atoms with E-state index in [9.17, 15) is 14.4 Å². The maximum Gasteiger partial charge on any atom is 0.411 e. The van der Waals surface area contributed by atoms with Gasteiger partial charge in [0.2, 0.25) is 0 Å². The molecule has 0 heterocycles. The lowest BCUT2D eigenvalue weighted by Gasteiger charge is -2.15. The lowest BCUT2D eigenvalue weighted by atomic mass is 9.98. The molecule has 3 N–H and O–H groups in total. The number of carbonyl (C=O) groups is 3. The van der Waals surface area contributed by atoms with E-state index in [1.807, 2.05) is 24.3 Å². The minimum absolute atomic E-state index is 0.00923. The molecule has 2 aliphatic carbocycles. The number of hydrogen-bond acceptors (Lipinski definition) is 4. The van der Waals surface area contributed by atoms with E-state index in [1.165, 1.54) is 11.1 Å². The number of ether oxygens (including phenoxy) is 1. The predicted molar refractivity (Wildman–Crippen MR) is 139 cm³/mol. The Balaban J connectivity index is 1.18. The topological polar surface area (TPSA) is 105 Å². The van der Waals surface area contributed by atoms with Gasteiger partial charge in [-0.3, -0.25) is 14.9 Å². The van der Waals surface area contributed by atoms with Gasteiger partial charge >= 0.3 is 12.1 Å². The van der Waals surface area contributed by atoms with Gasteiger partial charge in [-0.05, 0) is 75.4 Å². The molecule has 2 aliphatic rings. The maximum atomic E-state index is 12.6. The van der Waals surface area contributed by atoms with E-state index in [1.54, 1.807) is 18.2 Å². The van der Waals surface area contributed by atoms with E-state index in [0.29, 0.717) is 27.8 Å². The number of carboxylic acid groups (broad SMARTS) is 1. The Morgan fingerprint density at radius 2 is 1.63 bits per heavy atom. The van der Waals surface area contributed by atoms with Crippen LogP contribution in [-0.2, 0) is 9.53 Å². The van der Waals surface area contributed by atoms with Crippen LogP contribution < -0.4 is 10.6 Å². The maximum absolute atomic E-state index is 12.6. The van der Waals surface area contributed by atoms with Crippen LogP contribution in [0.15, 0.2) is 66.7 Å². The Labute approximate surface area is 216 Å². The van der Waals surface area contributed by atoms with Crippen LogP contribution in [-0.4, -0.2) is 36.2 Å². The van der Waals surface area contributed by atoms with Gasteiger partial charge in [0.25, 0.3) is 5.91 Å². The monoisotopic (exact) mass is 582 g/mol. The molecule has 2 amide bonds. The van der Waals surface area contributed by atoms with Crippen LogP contribution in [0.3, 0.4) is 0 Å². The quantitative estimate of drug-likeness (QED) is 0.337. The second kappa shape index (κ2) is 9.69. The average Bonchev–Trinajstić information content (AvgIpc) is 3.58. The predicted octanol–water partition coefficient (Wildman–Crippen LogP) is 5.10. The molecule has 2 atom stereocenters. The summed E-state index contributed by atoms with van der Waals surface area (Å²) in [6, 6.07) is 21.3. The van der Waals surface area contributed by atoms with E-state index in [2.05, 4.69) is 57.5 Å². The molecule has 7 nitrogen and oxygen atoms in total. The third-order valence-corrected chi connectivity index (χ3v) is 7.47. The van der Waals surface area contributed by atoms with Crippen molar-refractivity contribution >= 4 is 46.2 Å². The number of fused-ring (bicyclic) bond motifs is 3. The van der Waals surface area contributed by atoms with Gasteiger partial charge in [0.15, 0.2) is 0 Å². The highest BCUT2D eigenvalue weighted by atomic mass is 127. The van der Waals surface area contributed by atoms with Crippen molar-refractivity contribution in [1.82, 2.24) is 5.32 Å². The molecule has 8 heteroatoms. The van der Waals surface area contributed by atoms with Gasteiger partial charge in [0, 0.05) is 21.6 Å². The van der Waals surface area contributed by atoms with Crippen LogP contribution in [0, 0.1) is 15.4 Å². The average molecular weight is 582 g/mol. The molecule has 1 fully saturated rings. The molecular weight excluding hydrogens is 559 g/mol. The number of nitrogens with one attached hydrogen (secondary N) is 2. The first kappa shape index (κ1) is 23.3. The molecule has 0 bridgehead atoms. The van der Waals surface area contributed by atoms with Gasteiger partial charge in [-0.25, -0.2) is 4.79 Å². The number of halogens is 1. The summed E-state index contributed by atoms with van der Waals surface area (Å²) in [6.45, 7) is 0.557. The first-order valence-corrected chi connectivity index (χ1v) is 12.4. The van der Waals surface area contributed by atoms with Gasteiger partial charge < -0.3 is 15.2 Å². The largest absolute Gasteiger partial charge is 0.481 e. The zero-order valence-corrected chi connectivity index (χ0v) is 20.8. The number of hydrogen-bond donors (Lipinski definition) is 3. The van der Waals surface area contributed by atoms with Crippen molar-refractivity contribution in [3.05, 3.63) is 87.0 Å². The second-order valence-corrected chi connectivity index (χ2v) is 9.96. The Morgan fingerprint density at radius 3 is 2.23 bits per heavy atom. The summed E-state index contributed by atoms with van der Waals surface area (Å²) in [4.78, 5) is 35.9. The van der Waals surface area contributed by atoms with Crippen molar-refractivity contribution in [2.45, 2.75) is 12.3 Å². The number of carbonyl (C=O) groups excluding carboxylic acids is 2. The minimum Gasteiger partial charge on any atom is -0.481 e. The molecule has 178 valence electrons. The number of rotatable bonds is 7. The highest BCUT2D eigenvalue weighted by molar-refractivity contribution is 14.1. The van der Waals surface area contributed by atoms with Crippen LogP contribution in [0.4, 0.5) is 10.5 Å². The van der Waals surface area contributed by atoms with Gasteiger partial charge in [0.1, 0.15) is 6.61 Å². The summed E-state index contributed by atoms with van der Waals surface area (Å²) in [5.74, 6) is -1.48. The smallest absolute Gasteiger partial charge is 0.411 e. The second-order valence-electron chi connectivity index (χ2n) is 8.80. The molecule has 0 saturated heterocycles. The van der Waals surface area contributed by atoms with Crippen LogP contribution in [0.2, 0.25) is 0 Å². The number of carboxylic acids is 1. The van der Waals surface area contributed by atoms with E-state index in [-0.39, 0.29) is 30.3 Å². The van der Waals surface area contributed by atoms with Crippen LogP contribution in [0.25, 0.3) is 11.1 Å². The third kappa shape index (κ3) is 4.88. The van der Waals surface area contributed by atoms with Crippen molar-refractivity contribution in [3.63, 3.8) is 0 Å². The normalized spacial score (nSPS) is 17.7. The lowest BCUT2D eigenvalue weighted by molar-refractivity contribution is -0.138. The van der Waals surface area contributed by atoms with E-state index < -0.39 is 12.1 Å². The fourth-order valence-electron chi connectivity index (χ4n) is 4.60. The summed E-state index contributed by atoms with van der Waals surface area (Å²) in [5, 5.41) is 14.5. The zero-order chi connectivity index (χ0) is 24.5. The van der Waals surface area contributed by atoms with Crippen molar-refractivity contribution in [2.24, 2.45) is 11.8 Å². The van der Waals surface area contributed by atoms with Crippen LogP contribution in [0.1, 0.15) is 33.8 Å². The highest BCUT2D eigenvalue weighted by Crippen LogP contribution is 2.44. The summed E-state index contributed by atoms with van der Waals surface area (Å²) in [5.41, 5.74) is 5.62. The Hall–Kier alpha value is -3.40. The van der Waals surface area contributed by atoms with Crippen molar-refractivity contribution in [2.75, 3.05) is 18.5 Å². The lowest BCUT2D eigenvalue weighted by Crippen LogP contribution is -2.26. The standard InChI is InChI=1S/C27H23IN2O5/c28-23-12-15(25(31)29-13-16-11-21(16)26(32)33)9-10-24(23)30-27(34)35-14-22-19-7-3-1-5-17(19)18-6-2-4-8-20(18)22/h1-10,12,16,21-22H,11,13-14H2,(H,29,31)(H,30,34)(H,32,33). The highest BCUT2D eigenvalue weighted by Gasteiger charge is 2.43. The van der Waals surface area contributed by atoms with E-state index in [4.69, 9.17) is 9.84 Å². The molecule has 0 aromatic heterocycles. The number of aliphatic carboxylic acids is 1. The first-order chi connectivity index (χ1) is 16.9. The fraction of sp³-hybridized carbons (Fsp3) is 0.222.